The van der Waals surface area contributed by atoms with E-state index in [4.69, 9.17) is 4.74 Å². The highest BCUT2D eigenvalue weighted by Crippen LogP contribution is 2.34. The Kier molecular flexibility index (Phi) is 5.49. The summed E-state index contributed by atoms with van der Waals surface area (Å²) in [6.45, 7) is 5.56. The zero-order chi connectivity index (χ0) is 23.1. The van der Waals surface area contributed by atoms with E-state index in [2.05, 4.69) is 9.88 Å². The number of benzene rings is 1. The zero-order valence-corrected chi connectivity index (χ0v) is 18.7. The number of rotatable bonds is 5. The largest absolute Gasteiger partial charge is 0.462 e. The van der Waals surface area contributed by atoms with Crippen molar-refractivity contribution in [2.75, 3.05) is 56.3 Å². The third-order valence-electron chi connectivity index (χ3n) is 6.28. The van der Waals surface area contributed by atoms with Gasteiger partial charge < -0.3 is 14.5 Å². The minimum Gasteiger partial charge on any atom is -0.462 e. The summed E-state index contributed by atoms with van der Waals surface area (Å²) < 4.78 is 22.1. The summed E-state index contributed by atoms with van der Waals surface area (Å²) >= 11 is 0. The number of anilines is 1. The Morgan fingerprint density at radius 1 is 1.21 bits per heavy atom. The fourth-order valence-corrected chi connectivity index (χ4v) is 4.36. The smallest absolute Gasteiger partial charge is 0.343 e. The number of hydrogen-bond donors (Lipinski definition) is 0. The van der Waals surface area contributed by atoms with Crippen molar-refractivity contribution in [3.05, 3.63) is 70.0 Å². The molecule has 0 saturated carbocycles. The van der Waals surface area contributed by atoms with Crippen LogP contribution in [-0.4, -0.2) is 66.9 Å². The minimum absolute atomic E-state index is 0.00378. The number of carbonyl (C=O) groups is 1. The van der Waals surface area contributed by atoms with Crippen LogP contribution in [0.2, 0.25) is 0 Å². The van der Waals surface area contributed by atoms with Gasteiger partial charge in [-0.2, -0.15) is 0 Å². The van der Waals surface area contributed by atoms with E-state index in [9.17, 15) is 9.59 Å². The monoisotopic (exact) mass is 451 g/mol. The molecule has 9 heteroatoms. The average Bonchev–Trinajstić information content (AvgIpc) is 3.61. The van der Waals surface area contributed by atoms with Crippen molar-refractivity contribution < 1.29 is 13.9 Å². The summed E-state index contributed by atoms with van der Waals surface area (Å²) in [5.74, 6) is -1.18. The van der Waals surface area contributed by atoms with Crippen LogP contribution < -0.4 is 15.3 Å². The summed E-state index contributed by atoms with van der Waals surface area (Å²) in [6, 6.07) is 8.70. The van der Waals surface area contributed by atoms with Gasteiger partial charge >= 0.3 is 5.97 Å². The Bertz CT molecular complexity index is 1250. The van der Waals surface area contributed by atoms with Crippen molar-refractivity contribution >= 4 is 22.6 Å². The first kappa shape index (κ1) is 21.4. The molecule has 2 aliphatic heterocycles. The molecular formula is C24H26FN5O3. The number of pyridine rings is 2. The molecule has 5 rings (SSSR count). The number of likely N-dealkylation sites (N-methyl/N-ethyl adjacent to an activating group) is 1. The molecule has 2 aromatic heterocycles. The topological polar surface area (TPSA) is 70.7 Å². The van der Waals surface area contributed by atoms with Crippen LogP contribution in [-0.2, 0) is 4.74 Å². The van der Waals surface area contributed by atoms with E-state index in [0.29, 0.717) is 30.8 Å². The van der Waals surface area contributed by atoms with Crippen molar-refractivity contribution in [3.63, 3.8) is 0 Å². The standard InChI is InChI=1S/C24H26FN5O3/c1-3-33-24(32)17-14-29(30-15-22(30)19-6-4-5-7-26-19)20-13-21(18(25)12-16(20)23(17)31)28-10-8-27(2)9-11-28/h4-7,12-14,22H,3,8-11,15H2,1-2H3. The lowest BCUT2D eigenvalue weighted by molar-refractivity contribution is 0.0524. The van der Waals surface area contributed by atoms with Gasteiger partial charge in [-0.25, -0.2) is 9.18 Å². The van der Waals surface area contributed by atoms with Gasteiger partial charge in [0.05, 0.1) is 35.4 Å². The molecule has 1 aromatic carbocycles. The molecule has 0 aliphatic carbocycles. The van der Waals surface area contributed by atoms with Crippen molar-refractivity contribution in [2.45, 2.75) is 13.0 Å². The second-order valence-electron chi connectivity index (χ2n) is 8.44. The summed E-state index contributed by atoms with van der Waals surface area (Å²) in [4.78, 5) is 34.3. The number of piperazine rings is 1. The number of fused-ring (bicyclic) bond motifs is 1. The molecule has 2 saturated heterocycles. The third kappa shape index (κ3) is 3.93. The first-order valence-electron chi connectivity index (χ1n) is 11.1. The highest BCUT2D eigenvalue weighted by molar-refractivity contribution is 5.94. The lowest BCUT2D eigenvalue weighted by atomic mass is 10.1. The maximum Gasteiger partial charge on any atom is 0.343 e. The number of aromatic nitrogens is 2. The fraction of sp³-hybridized carbons (Fsp3) is 0.375. The van der Waals surface area contributed by atoms with Gasteiger partial charge in [-0.3, -0.25) is 19.5 Å². The Labute approximate surface area is 190 Å². The molecule has 0 radical (unpaired) electrons. The van der Waals surface area contributed by atoms with Crippen LogP contribution in [0.3, 0.4) is 0 Å². The van der Waals surface area contributed by atoms with E-state index in [-0.39, 0.29) is 23.6 Å². The van der Waals surface area contributed by atoms with Gasteiger partial charge in [0.2, 0.25) is 5.43 Å². The molecule has 2 aliphatic rings. The molecule has 2 fully saturated rings. The van der Waals surface area contributed by atoms with Crippen molar-refractivity contribution in [1.29, 1.82) is 0 Å². The van der Waals surface area contributed by atoms with Crippen LogP contribution in [0.15, 0.2) is 47.5 Å². The lowest BCUT2D eigenvalue weighted by Gasteiger charge is -2.34. The maximum atomic E-state index is 15.2. The molecule has 0 amide bonds. The van der Waals surface area contributed by atoms with E-state index >= 15 is 4.39 Å². The SMILES string of the molecule is CCOC(=O)c1cn(N2CC2c2ccccn2)c2cc(N3CCN(C)CC3)c(F)cc2c1=O. The summed E-state index contributed by atoms with van der Waals surface area (Å²) in [7, 11) is 2.04. The maximum absolute atomic E-state index is 15.2. The second-order valence-corrected chi connectivity index (χ2v) is 8.44. The number of ether oxygens (including phenoxy) is 1. The molecule has 172 valence electrons. The Morgan fingerprint density at radius 2 is 2.00 bits per heavy atom. The van der Waals surface area contributed by atoms with E-state index in [1.54, 1.807) is 23.9 Å². The molecule has 8 nitrogen and oxygen atoms in total. The normalized spacial score (nSPS) is 18.6. The van der Waals surface area contributed by atoms with Gasteiger partial charge in [-0.15, -0.1) is 0 Å². The molecular weight excluding hydrogens is 425 g/mol. The predicted octanol–water partition coefficient (Wildman–Crippen LogP) is 2.16. The number of halogens is 1. The molecule has 33 heavy (non-hydrogen) atoms. The van der Waals surface area contributed by atoms with E-state index < -0.39 is 17.2 Å². The number of nitrogens with zero attached hydrogens (tertiary/aromatic N) is 5. The van der Waals surface area contributed by atoms with Crippen LogP contribution in [0.5, 0.6) is 0 Å². The van der Waals surface area contributed by atoms with Crippen molar-refractivity contribution in [1.82, 2.24) is 14.6 Å². The Balaban J connectivity index is 1.64. The van der Waals surface area contributed by atoms with Crippen LogP contribution in [0.1, 0.15) is 29.0 Å². The second kappa shape index (κ2) is 8.47. The van der Waals surface area contributed by atoms with Crippen molar-refractivity contribution in [2.24, 2.45) is 0 Å². The predicted molar refractivity (Wildman–Crippen MR) is 124 cm³/mol. The Morgan fingerprint density at radius 3 is 2.70 bits per heavy atom. The minimum atomic E-state index is -0.710. The molecule has 0 bridgehead atoms. The van der Waals surface area contributed by atoms with E-state index in [1.165, 1.54) is 12.3 Å². The molecule has 4 heterocycles. The summed E-state index contributed by atoms with van der Waals surface area (Å²) in [5.41, 5.74) is 1.27. The van der Waals surface area contributed by atoms with Crippen LogP contribution in [0.25, 0.3) is 10.9 Å². The quantitative estimate of drug-likeness (QED) is 0.435. The zero-order valence-electron chi connectivity index (χ0n) is 18.7. The van der Waals surface area contributed by atoms with E-state index in [0.717, 1.165) is 18.8 Å². The summed E-state index contributed by atoms with van der Waals surface area (Å²) in [5, 5.41) is 2.15. The van der Waals surface area contributed by atoms with Crippen molar-refractivity contribution in [3.8, 4) is 0 Å². The van der Waals surface area contributed by atoms with Gasteiger partial charge in [0, 0.05) is 38.6 Å². The molecule has 0 spiro atoms. The average molecular weight is 452 g/mol. The Hall–Kier alpha value is -3.46. The number of carbonyl (C=O) groups excluding carboxylic acids is 1. The van der Waals surface area contributed by atoms with Crippen LogP contribution in [0.4, 0.5) is 10.1 Å². The molecule has 0 N–H and O–H groups in total. The molecule has 1 atom stereocenters. The third-order valence-corrected chi connectivity index (χ3v) is 6.28. The van der Waals surface area contributed by atoms with Crippen LogP contribution >= 0.6 is 0 Å². The highest BCUT2D eigenvalue weighted by atomic mass is 19.1. The van der Waals surface area contributed by atoms with Gasteiger partial charge in [0.15, 0.2) is 0 Å². The first-order valence-corrected chi connectivity index (χ1v) is 11.1. The fourth-order valence-electron chi connectivity index (χ4n) is 4.36. The van der Waals surface area contributed by atoms with Gasteiger partial charge in [0.25, 0.3) is 0 Å². The lowest BCUT2D eigenvalue weighted by Crippen LogP contribution is -2.44. The van der Waals surface area contributed by atoms with Gasteiger partial charge in [-0.05, 0) is 38.2 Å². The number of hydrogen-bond acceptors (Lipinski definition) is 7. The molecule has 1 unspecified atom stereocenters. The van der Waals surface area contributed by atoms with Gasteiger partial charge in [0.1, 0.15) is 17.4 Å². The van der Waals surface area contributed by atoms with Crippen LogP contribution in [0, 0.1) is 5.82 Å². The first-order chi connectivity index (χ1) is 16.0. The van der Waals surface area contributed by atoms with Gasteiger partial charge in [-0.1, -0.05) is 6.07 Å². The highest BCUT2D eigenvalue weighted by Gasteiger charge is 2.38. The van der Waals surface area contributed by atoms with E-state index in [1.807, 2.05) is 35.2 Å². The summed E-state index contributed by atoms with van der Waals surface area (Å²) in [6.07, 6.45) is 3.25. The molecule has 3 aromatic rings. The number of esters is 1.